The molecule has 1 aliphatic rings. The summed E-state index contributed by atoms with van der Waals surface area (Å²) in [5, 5.41) is 1.00. The predicted octanol–water partition coefficient (Wildman–Crippen LogP) is 2.72. The normalized spacial score (nSPS) is 23.6. The molecule has 0 radical (unpaired) electrons. The van der Waals surface area contributed by atoms with Gasteiger partial charge in [0.05, 0.1) is 0 Å². The molecule has 1 aromatic carbocycles. The van der Waals surface area contributed by atoms with Gasteiger partial charge in [-0.25, -0.2) is 4.79 Å². The minimum Gasteiger partial charge on any atom is -0.423 e. The largest absolute Gasteiger partial charge is 0.423 e. The standard InChI is InChI=1S/C16H19BrN2O2/c1-10-8-19(5-4-14(10)18)9-11-6-16(20)21-15-7-12(17)2-3-13(11)15/h2-3,6-7,10,14H,4-5,8-9,18H2,1H3. The van der Waals surface area contributed by atoms with Crippen molar-refractivity contribution in [2.24, 2.45) is 11.7 Å². The molecule has 1 aliphatic heterocycles. The second-order valence-corrected chi connectivity index (χ2v) is 6.81. The van der Waals surface area contributed by atoms with Gasteiger partial charge in [0.15, 0.2) is 0 Å². The summed E-state index contributed by atoms with van der Waals surface area (Å²) in [5.74, 6) is 0.485. The molecule has 0 aliphatic carbocycles. The van der Waals surface area contributed by atoms with Gasteiger partial charge in [0, 0.05) is 35.1 Å². The predicted molar refractivity (Wildman–Crippen MR) is 87.2 cm³/mol. The fraction of sp³-hybridized carbons (Fsp3) is 0.438. The zero-order chi connectivity index (χ0) is 15.0. The number of fused-ring (bicyclic) bond motifs is 1. The molecule has 2 heterocycles. The van der Waals surface area contributed by atoms with Gasteiger partial charge in [-0.3, -0.25) is 4.90 Å². The highest BCUT2D eigenvalue weighted by molar-refractivity contribution is 9.10. The third-order valence-corrected chi connectivity index (χ3v) is 4.74. The highest BCUT2D eigenvalue weighted by Crippen LogP contribution is 2.24. The summed E-state index contributed by atoms with van der Waals surface area (Å²) in [6, 6.07) is 7.71. The van der Waals surface area contributed by atoms with Gasteiger partial charge >= 0.3 is 5.63 Å². The van der Waals surface area contributed by atoms with Crippen molar-refractivity contribution in [2.45, 2.75) is 25.9 Å². The first kappa shape index (κ1) is 14.8. The van der Waals surface area contributed by atoms with Crippen molar-refractivity contribution in [3.63, 3.8) is 0 Å². The number of nitrogens with two attached hydrogens (primary N) is 1. The van der Waals surface area contributed by atoms with Gasteiger partial charge in [-0.05, 0) is 42.6 Å². The van der Waals surface area contributed by atoms with Crippen LogP contribution in [0.25, 0.3) is 11.0 Å². The first-order valence-electron chi connectivity index (χ1n) is 7.23. The summed E-state index contributed by atoms with van der Waals surface area (Å²) in [6.07, 6.45) is 1.01. The quantitative estimate of drug-likeness (QED) is 0.846. The van der Waals surface area contributed by atoms with E-state index in [1.165, 1.54) is 0 Å². The van der Waals surface area contributed by atoms with Crippen molar-refractivity contribution < 1.29 is 4.42 Å². The minimum atomic E-state index is -0.294. The van der Waals surface area contributed by atoms with Gasteiger partial charge in [-0.2, -0.15) is 0 Å². The molecular formula is C16H19BrN2O2. The van der Waals surface area contributed by atoms with Crippen molar-refractivity contribution in [1.29, 1.82) is 0 Å². The second-order valence-electron chi connectivity index (χ2n) is 5.90. The molecule has 1 aromatic heterocycles. The van der Waals surface area contributed by atoms with Crippen LogP contribution in [0.3, 0.4) is 0 Å². The Balaban J connectivity index is 1.92. The molecule has 1 saturated heterocycles. The van der Waals surface area contributed by atoms with Crippen molar-refractivity contribution in [1.82, 2.24) is 4.90 Å². The lowest BCUT2D eigenvalue weighted by Crippen LogP contribution is -2.45. The Morgan fingerprint density at radius 3 is 3.00 bits per heavy atom. The molecule has 4 nitrogen and oxygen atoms in total. The zero-order valence-electron chi connectivity index (χ0n) is 12.0. The fourth-order valence-corrected chi connectivity index (χ4v) is 3.31. The van der Waals surface area contributed by atoms with Crippen molar-refractivity contribution in [3.05, 3.63) is 44.7 Å². The van der Waals surface area contributed by atoms with Crippen LogP contribution in [0.4, 0.5) is 0 Å². The van der Waals surface area contributed by atoms with Crippen molar-refractivity contribution in [3.8, 4) is 0 Å². The smallest absolute Gasteiger partial charge is 0.336 e. The Morgan fingerprint density at radius 1 is 1.43 bits per heavy atom. The maximum atomic E-state index is 11.8. The Labute approximate surface area is 132 Å². The summed E-state index contributed by atoms with van der Waals surface area (Å²) in [6.45, 7) is 4.90. The lowest BCUT2D eigenvalue weighted by molar-refractivity contribution is 0.158. The summed E-state index contributed by atoms with van der Waals surface area (Å²) in [5.41, 5.74) is 7.43. The number of likely N-dealkylation sites (tertiary alicyclic amines) is 1. The second kappa shape index (κ2) is 5.91. The van der Waals surface area contributed by atoms with E-state index in [9.17, 15) is 4.79 Å². The van der Waals surface area contributed by atoms with Gasteiger partial charge in [0.2, 0.25) is 0 Å². The van der Waals surface area contributed by atoms with Gasteiger partial charge in [-0.1, -0.05) is 22.9 Å². The van der Waals surface area contributed by atoms with Crippen LogP contribution in [-0.4, -0.2) is 24.0 Å². The summed E-state index contributed by atoms with van der Waals surface area (Å²) in [7, 11) is 0. The zero-order valence-corrected chi connectivity index (χ0v) is 13.6. The molecule has 2 atom stereocenters. The van der Waals surface area contributed by atoms with Gasteiger partial charge in [-0.15, -0.1) is 0 Å². The maximum absolute atomic E-state index is 11.8. The van der Waals surface area contributed by atoms with E-state index < -0.39 is 0 Å². The molecule has 0 bridgehead atoms. The molecule has 0 saturated carbocycles. The Bertz CT molecular complexity index is 713. The summed E-state index contributed by atoms with van der Waals surface area (Å²) >= 11 is 3.41. The number of piperidine rings is 1. The average Bonchev–Trinajstić information content (AvgIpc) is 2.42. The van der Waals surface area contributed by atoms with Crippen LogP contribution in [0.15, 0.2) is 37.9 Å². The van der Waals surface area contributed by atoms with E-state index in [0.717, 1.165) is 41.5 Å². The van der Waals surface area contributed by atoms with Crippen LogP contribution >= 0.6 is 15.9 Å². The average molecular weight is 351 g/mol. The fourth-order valence-electron chi connectivity index (χ4n) is 2.97. The van der Waals surface area contributed by atoms with Crippen LogP contribution in [0, 0.1) is 5.92 Å². The van der Waals surface area contributed by atoms with E-state index in [1.54, 1.807) is 6.07 Å². The molecule has 21 heavy (non-hydrogen) atoms. The SMILES string of the molecule is CC1CN(Cc2cc(=O)oc3cc(Br)ccc23)CCC1N. The summed E-state index contributed by atoms with van der Waals surface area (Å²) in [4.78, 5) is 14.1. The molecule has 2 unspecified atom stereocenters. The molecule has 0 amide bonds. The van der Waals surface area contributed by atoms with E-state index in [0.29, 0.717) is 11.5 Å². The van der Waals surface area contributed by atoms with E-state index in [2.05, 4.69) is 27.8 Å². The number of halogens is 1. The Morgan fingerprint density at radius 2 is 2.24 bits per heavy atom. The highest BCUT2D eigenvalue weighted by atomic mass is 79.9. The molecule has 5 heteroatoms. The first-order chi connectivity index (χ1) is 10.0. The van der Waals surface area contributed by atoms with E-state index >= 15 is 0 Å². The topological polar surface area (TPSA) is 59.5 Å². The molecule has 2 aromatic rings. The monoisotopic (exact) mass is 350 g/mol. The first-order valence-corrected chi connectivity index (χ1v) is 8.02. The van der Waals surface area contributed by atoms with Crippen LogP contribution in [0.2, 0.25) is 0 Å². The number of nitrogens with zero attached hydrogens (tertiary/aromatic N) is 1. The van der Waals surface area contributed by atoms with Gasteiger partial charge < -0.3 is 10.2 Å². The number of benzene rings is 1. The molecule has 1 fully saturated rings. The van der Waals surface area contributed by atoms with Crippen LogP contribution in [-0.2, 0) is 6.54 Å². The Hall–Kier alpha value is -1.17. The molecular weight excluding hydrogens is 332 g/mol. The summed E-state index contributed by atoms with van der Waals surface area (Å²) < 4.78 is 6.20. The van der Waals surface area contributed by atoms with E-state index in [-0.39, 0.29) is 11.7 Å². The molecule has 0 spiro atoms. The number of hydrogen-bond acceptors (Lipinski definition) is 4. The van der Waals surface area contributed by atoms with Gasteiger partial charge in [0.25, 0.3) is 0 Å². The molecule has 112 valence electrons. The van der Waals surface area contributed by atoms with E-state index in [4.69, 9.17) is 10.2 Å². The molecule has 3 rings (SSSR count). The van der Waals surface area contributed by atoms with Crippen LogP contribution in [0.1, 0.15) is 18.9 Å². The third-order valence-electron chi connectivity index (χ3n) is 4.24. The maximum Gasteiger partial charge on any atom is 0.336 e. The lowest BCUT2D eigenvalue weighted by atomic mass is 9.94. The minimum absolute atomic E-state index is 0.287. The number of rotatable bonds is 2. The van der Waals surface area contributed by atoms with Crippen molar-refractivity contribution >= 4 is 26.9 Å². The van der Waals surface area contributed by atoms with E-state index in [1.807, 2.05) is 18.2 Å². The highest BCUT2D eigenvalue weighted by Gasteiger charge is 2.23. The third kappa shape index (κ3) is 3.20. The van der Waals surface area contributed by atoms with Crippen LogP contribution in [0.5, 0.6) is 0 Å². The van der Waals surface area contributed by atoms with Crippen LogP contribution < -0.4 is 11.4 Å². The number of hydrogen-bond donors (Lipinski definition) is 1. The lowest BCUT2D eigenvalue weighted by Gasteiger charge is -2.35. The molecule has 2 N–H and O–H groups in total. The van der Waals surface area contributed by atoms with Gasteiger partial charge in [0.1, 0.15) is 5.58 Å². The Kier molecular flexibility index (Phi) is 4.15. The van der Waals surface area contributed by atoms with Crippen molar-refractivity contribution in [2.75, 3.05) is 13.1 Å².